The largest absolute Gasteiger partial charge is 0.443 e. The number of hydrogen-bond acceptors (Lipinski definition) is 7. The van der Waals surface area contributed by atoms with E-state index in [4.69, 9.17) is 14.5 Å². The van der Waals surface area contributed by atoms with Gasteiger partial charge in [-0.1, -0.05) is 31.4 Å². The van der Waals surface area contributed by atoms with Crippen LogP contribution in [0.1, 0.15) is 39.7 Å². The number of pyridine rings is 1. The highest BCUT2D eigenvalue weighted by Crippen LogP contribution is 2.65. The molecular formula is C23H33BrFN3O4SSi. The number of thioether (sulfide) groups is 1. The number of aromatic nitrogens is 1. The second-order valence-corrected chi connectivity index (χ2v) is 19.1. The van der Waals surface area contributed by atoms with Crippen LogP contribution < -0.4 is 0 Å². The Morgan fingerprint density at radius 1 is 1.41 bits per heavy atom. The second kappa shape index (κ2) is 9.63. The molecule has 2 heterocycles. The van der Waals surface area contributed by atoms with Crippen LogP contribution in [0.5, 0.6) is 0 Å². The minimum absolute atomic E-state index is 0.0693. The zero-order valence-corrected chi connectivity index (χ0v) is 24.2. The maximum atomic E-state index is 14.9. The van der Waals surface area contributed by atoms with Crippen molar-refractivity contribution in [2.75, 3.05) is 13.3 Å². The number of halogens is 2. The zero-order chi connectivity index (χ0) is 25.5. The number of carbonyl (C=O) groups is 2. The summed E-state index contributed by atoms with van der Waals surface area (Å²) >= 11 is 4.58. The molecular weight excluding hydrogens is 541 g/mol. The normalized spacial score (nSPS) is 26.4. The molecule has 1 fully saturated rings. The van der Waals surface area contributed by atoms with Crippen molar-refractivity contribution in [3.8, 4) is 0 Å². The van der Waals surface area contributed by atoms with E-state index in [1.807, 2.05) is 0 Å². The summed E-state index contributed by atoms with van der Waals surface area (Å²) in [6.45, 7) is 14.3. The SMILES string of the molecule is CC(C)(C)OC(=O)N(COCC[Si](C)(C)C)C1=N[C@](C)(c2cc(Br)cnc2F)C2C[C@]2(C=O)S1. The number of fused-ring (bicyclic) bond motifs is 1. The number of hydrogen-bond donors (Lipinski definition) is 0. The standard InChI is InChI=1S/C23H33BrFN3O4SSi/c1-21(2,3)32-20(30)28(14-31-8-9-34(5,6)7)19-27-22(4,17-11-23(17,13-29)33-19)16-10-15(24)12-26-18(16)25/h10,12-13,17H,8-9,11,14H2,1-7H3/t17?,22-,23-/m1/s1. The van der Waals surface area contributed by atoms with Gasteiger partial charge >= 0.3 is 6.09 Å². The van der Waals surface area contributed by atoms with E-state index in [2.05, 4.69) is 40.6 Å². The van der Waals surface area contributed by atoms with Crippen LogP contribution in [0.4, 0.5) is 9.18 Å². The van der Waals surface area contributed by atoms with Gasteiger partial charge in [-0.3, -0.25) is 4.99 Å². The molecule has 3 rings (SSSR count). The summed E-state index contributed by atoms with van der Waals surface area (Å²) in [5, 5.41) is 0.282. The number of nitrogens with zero attached hydrogens (tertiary/aromatic N) is 3. The average Bonchev–Trinajstić information content (AvgIpc) is 3.44. The molecule has 1 aromatic heterocycles. The molecule has 188 valence electrons. The molecule has 0 radical (unpaired) electrons. The number of amidine groups is 1. The lowest BCUT2D eigenvalue weighted by molar-refractivity contribution is -0.108. The molecule has 0 N–H and O–H groups in total. The molecule has 3 atom stereocenters. The highest BCUT2D eigenvalue weighted by atomic mass is 79.9. The number of aldehydes is 1. The number of carbonyl (C=O) groups excluding carboxylic acids is 2. The van der Waals surface area contributed by atoms with Crippen LogP contribution in [0.25, 0.3) is 0 Å². The van der Waals surface area contributed by atoms with E-state index in [1.165, 1.54) is 22.9 Å². The van der Waals surface area contributed by atoms with Crippen molar-refractivity contribution in [2.24, 2.45) is 10.9 Å². The number of ether oxygens (including phenoxy) is 2. The average molecular weight is 575 g/mol. The summed E-state index contributed by atoms with van der Waals surface area (Å²) < 4.78 is 26.2. The Balaban J connectivity index is 1.99. The Kier molecular flexibility index (Phi) is 7.73. The molecule has 1 aromatic rings. The molecule has 1 aliphatic carbocycles. The fourth-order valence-electron chi connectivity index (χ4n) is 3.85. The summed E-state index contributed by atoms with van der Waals surface area (Å²) in [7, 11) is -1.33. The molecule has 1 unspecified atom stereocenters. The predicted molar refractivity (Wildman–Crippen MR) is 138 cm³/mol. The van der Waals surface area contributed by atoms with Crippen molar-refractivity contribution in [1.29, 1.82) is 0 Å². The van der Waals surface area contributed by atoms with Crippen LogP contribution in [0.15, 0.2) is 21.7 Å². The van der Waals surface area contributed by atoms with Gasteiger partial charge in [0.1, 0.15) is 18.6 Å². The molecule has 0 aromatic carbocycles. The molecule has 1 amide bonds. The first-order valence-corrected chi connectivity index (χ1v) is 16.6. The van der Waals surface area contributed by atoms with Crippen molar-refractivity contribution >= 4 is 53.3 Å². The zero-order valence-electron chi connectivity index (χ0n) is 20.8. The van der Waals surface area contributed by atoms with Gasteiger partial charge < -0.3 is 14.3 Å². The molecule has 11 heteroatoms. The van der Waals surface area contributed by atoms with Gasteiger partial charge in [-0.05, 0) is 62.2 Å². The number of aliphatic imine (C=N–C) groups is 1. The van der Waals surface area contributed by atoms with Gasteiger partial charge in [-0.15, -0.1) is 0 Å². The minimum Gasteiger partial charge on any atom is -0.443 e. The topological polar surface area (TPSA) is 81.1 Å². The van der Waals surface area contributed by atoms with Crippen LogP contribution in [0.2, 0.25) is 25.7 Å². The van der Waals surface area contributed by atoms with Crippen LogP contribution in [0, 0.1) is 11.9 Å². The molecule has 1 aliphatic heterocycles. The van der Waals surface area contributed by atoms with E-state index >= 15 is 0 Å². The van der Waals surface area contributed by atoms with Crippen molar-refractivity contribution in [3.05, 3.63) is 28.2 Å². The van der Waals surface area contributed by atoms with Crippen molar-refractivity contribution in [2.45, 2.75) is 75.7 Å². The Labute approximate surface area is 214 Å². The molecule has 0 spiro atoms. The summed E-state index contributed by atoms with van der Waals surface area (Å²) in [4.78, 5) is 35.4. The van der Waals surface area contributed by atoms with Gasteiger partial charge in [0, 0.05) is 36.8 Å². The molecule has 1 saturated carbocycles. The van der Waals surface area contributed by atoms with Crippen molar-refractivity contribution in [3.63, 3.8) is 0 Å². The number of rotatable bonds is 7. The van der Waals surface area contributed by atoms with E-state index in [1.54, 1.807) is 33.8 Å². The van der Waals surface area contributed by atoms with E-state index in [-0.39, 0.29) is 23.4 Å². The highest BCUT2D eigenvalue weighted by molar-refractivity contribution is 9.10. The summed E-state index contributed by atoms with van der Waals surface area (Å²) in [6.07, 6.45) is 2.17. The maximum absolute atomic E-state index is 14.9. The second-order valence-electron chi connectivity index (χ2n) is 11.2. The lowest BCUT2D eigenvalue weighted by atomic mass is 9.87. The maximum Gasteiger partial charge on any atom is 0.418 e. The first kappa shape index (κ1) is 27.3. The monoisotopic (exact) mass is 573 g/mol. The molecule has 0 saturated heterocycles. The Morgan fingerprint density at radius 3 is 2.68 bits per heavy atom. The van der Waals surface area contributed by atoms with Gasteiger partial charge in [-0.2, -0.15) is 4.39 Å². The fourth-order valence-corrected chi connectivity index (χ4v) is 6.42. The lowest BCUT2D eigenvalue weighted by Crippen LogP contribution is -2.46. The third-order valence-electron chi connectivity index (χ3n) is 5.85. The predicted octanol–water partition coefficient (Wildman–Crippen LogP) is 5.81. The summed E-state index contributed by atoms with van der Waals surface area (Å²) in [5.41, 5.74) is -1.54. The lowest BCUT2D eigenvalue weighted by Gasteiger charge is -2.36. The van der Waals surface area contributed by atoms with Crippen LogP contribution in [0.3, 0.4) is 0 Å². The van der Waals surface area contributed by atoms with E-state index in [9.17, 15) is 14.0 Å². The first-order valence-electron chi connectivity index (χ1n) is 11.3. The van der Waals surface area contributed by atoms with Crippen LogP contribution >= 0.6 is 27.7 Å². The van der Waals surface area contributed by atoms with Gasteiger partial charge in [0.15, 0.2) is 5.17 Å². The summed E-state index contributed by atoms with van der Waals surface area (Å²) in [5.74, 6) is -0.868. The van der Waals surface area contributed by atoms with E-state index in [0.717, 1.165) is 12.3 Å². The van der Waals surface area contributed by atoms with Crippen molar-refractivity contribution in [1.82, 2.24) is 9.88 Å². The Hall–Kier alpha value is -1.30. The van der Waals surface area contributed by atoms with Gasteiger partial charge in [0.05, 0.1) is 10.3 Å². The summed E-state index contributed by atoms with van der Waals surface area (Å²) in [6, 6.07) is 2.57. The molecule has 7 nitrogen and oxygen atoms in total. The van der Waals surface area contributed by atoms with Gasteiger partial charge in [0.25, 0.3) is 0 Å². The minimum atomic E-state index is -1.33. The van der Waals surface area contributed by atoms with Crippen LogP contribution in [-0.2, 0) is 19.8 Å². The third kappa shape index (κ3) is 6.09. The quantitative estimate of drug-likeness (QED) is 0.135. The third-order valence-corrected chi connectivity index (χ3v) is 9.41. The van der Waals surface area contributed by atoms with Crippen molar-refractivity contribution < 1.29 is 23.5 Å². The fraction of sp³-hybridized carbons (Fsp3) is 0.652. The molecule has 34 heavy (non-hydrogen) atoms. The van der Waals surface area contributed by atoms with Gasteiger partial charge in [0.2, 0.25) is 5.95 Å². The molecule has 2 aliphatic rings. The smallest absolute Gasteiger partial charge is 0.418 e. The van der Waals surface area contributed by atoms with E-state index < -0.39 is 36.0 Å². The Bertz CT molecular complexity index is 999. The van der Waals surface area contributed by atoms with Gasteiger partial charge in [-0.25, -0.2) is 14.7 Å². The molecule has 0 bridgehead atoms. The van der Waals surface area contributed by atoms with Crippen LogP contribution in [-0.4, -0.2) is 59.2 Å². The first-order chi connectivity index (χ1) is 15.6. The number of amides is 1. The Morgan fingerprint density at radius 2 is 2.09 bits per heavy atom. The van der Waals surface area contributed by atoms with E-state index in [0.29, 0.717) is 17.5 Å². The highest BCUT2D eigenvalue weighted by Gasteiger charge is 2.68.